The molecule has 0 aliphatic heterocycles. The van der Waals surface area contributed by atoms with E-state index in [1.807, 2.05) is 128 Å². The molecule has 0 atom stereocenters. The van der Waals surface area contributed by atoms with Crippen molar-refractivity contribution >= 4 is 21.3 Å². The molecule has 0 N–H and O–H groups in total. The van der Waals surface area contributed by atoms with Gasteiger partial charge in [0.25, 0.3) is 0 Å². The maximum atomic E-state index is 9.87. The number of hydrogen-bond acceptors (Lipinski definition) is 5. The van der Waals surface area contributed by atoms with Crippen molar-refractivity contribution in [3.63, 3.8) is 0 Å². The summed E-state index contributed by atoms with van der Waals surface area (Å²) < 4.78 is 118. The van der Waals surface area contributed by atoms with E-state index in [0.717, 1.165) is 45.0 Å². The summed E-state index contributed by atoms with van der Waals surface area (Å²) in [4.78, 5) is 20.3. The molecule has 0 unspecified atom stereocenters. The third kappa shape index (κ3) is 25.4. The molecular weight excluding hydrogens is 1020 g/mol. The fraction of sp³-hybridized carbons (Fsp3) is 0. The number of pyridine rings is 4. The van der Waals surface area contributed by atoms with Gasteiger partial charge < -0.3 is 4.98 Å². The van der Waals surface area contributed by atoms with Crippen LogP contribution in [0.3, 0.4) is 0 Å². The van der Waals surface area contributed by atoms with Crippen molar-refractivity contribution in [3.05, 3.63) is 181 Å². The Hall–Kier alpha value is -5.65. The molecular formula is C38H28F12IrN6P2-2. The number of nitrogens with zero attached hydrogens (tertiary/aromatic N) is 6. The topological polar surface area (TPSA) is 79.7 Å². The molecule has 1 radical (unpaired) electrons. The van der Waals surface area contributed by atoms with Gasteiger partial charge in [0, 0.05) is 62.6 Å². The van der Waals surface area contributed by atoms with Gasteiger partial charge in [-0.15, -0.1) is 35.9 Å². The minimum absolute atomic E-state index is 0. The Morgan fingerprint density at radius 3 is 1.29 bits per heavy atom. The van der Waals surface area contributed by atoms with Crippen LogP contribution in [0.25, 0.3) is 50.0 Å². The smallest absolute Gasteiger partial charge is 0.305 e. The summed E-state index contributed by atoms with van der Waals surface area (Å²) in [7, 11) is -21.3. The zero-order valence-electron chi connectivity index (χ0n) is 29.6. The van der Waals surface area contributed by atoms with Gasteiger partial charge in [0.2, 0.25) is 5.39 Å². The summed E-state index contributed by atoms with van der Waals surface area (Å²) >= 11 is 0. The van der Waals surface area contributed by atoms with Crippen molar-refractivity contribution in [2.45, 2.75) is 0 Å². The number of hydrogen-bond donors (Lipinski definition) is 0. The third-order valence-electron chi connectivity index (χ3n) is 6.39. The second-order valence-electron chi connectivity index (χ2n) is 11.3. The van der Waals surface area contributed by atoms with Crippen LogP contribution in [-0.4, -0.2) is 19.9 Å². The normalized spacial score (nSPS) is 12.8. The van der Waals surface area contributed by atoms with Gasteiger partial charge in [-0.05, 0) is 71.4 Å². The van der Waals surface area contributed by atoms with Crippen LogP contribution in [0, 0.1) is 11.5 Å². The first kappa shape index (κ1) is 49.5. The number of diazo groups is 1. The predicted octanol–water partition coefficient (Wildman–Crippen LogP) is 16.4. The second-order valence-corrected chi connectivity index (χ2v) is 15.1. The van der Waals surface area contributed by atoms with E-state index in [2.05, 4.69) is 43.1 Å². The monoisotopic (exact) mass is 1050 g/mol. The average molecular weight is 1050 g/mol. The molecule has 0 aliphatic rings. The first-order valence-electron chi connectivity index (χ1n) is 16.0. The summed E-state index contributed by atoms with van der Waals surface area (Å²) in [6.45, 7) is 0. The van der Waals surface area contributed by atoms with E-state index < -0.39 is 15.6 Å². The summed E-state index contributed by atoms with van der Waals surface area (Å²) in [5, 5.41) is 8.70. The molecule has 7 rings (SSSR count). The standard InChI is InChI=1S/C16H11N4.C11H9N.C11H8N.2F6P.Ir/c17-20-14-6-4-12(5-7-14)13-8-10-19-16(11-13)15-3-1-2-9-18-15;2*1-2-6-10(7-3-1)11-8-4-5-9-12-11;2*1-7(2,3,4,5)6;/h1-11H;1-9H;1-6,8-9H;;;/q+1;;3*-1;. The minimum atomic E-state index is -10.7. The predicted molar refractivity (Wildman–Crippen MR) is 203 cm³/mol. The third-order valence-corrected chi connectivity index (χ3v) is 6.39. The second kappa shape index (κ2) is 18.9. The molecule has 0 saturated carbocycles. The molecule has 4 aromatic heterocycles. The number of aromatic nitrogens is 4. The Morgan fingerprint density at radius 2 is 0.847 bits per heavy atom. The largest absolute Gasteiger partial charge is 0.385 e. The van der Waals surface area contributed by atoms with Crippen LogP contribution < -0.4 is 0 Å². The Labute approximate surface area is 342 Å². The van der Waals surface area contributed by atoms with Crippen molar-refractivity contribution in [3.8, 4) is 45.0 Å². The van der Waals surface area contributed by atoms with Gasteiger partial charge in [-0.3, -0.25) is 15.0 Å². The summed E-state index contributed by atoms with van der Waals surface area (Å²) in [6, 6.07) is 49.9. The van der Waals surface area contributed by atoms with Crippen LogP contribution in [-0.2, 0) is 20.1 Å². The zero-order valence-corrected chi connectivity index (χ0v) is 33.8. The van der Waals surface area contributed by atoms with E-state index in [1.165, 1.54) is 0 Å². The molecule has 7 aromatic rings. The molecule has 21 heteroatoms. The summed E-state index contributed by atoms with van der Waals surface area (Å²) in [6.07, 6.45) is 7.11. The molecule has 59 heavy (non-hydrogen) atoms. The van der Waals surface area contributed by atoms with E-state index in [1.54, 1.807) is 30.7 Å². The average Bonchev–Trinajstić information content (AvgIpc) is 3.18. The molecule has 4 heterocycles. The molecule has 315 valence electrons. The molecule has 0 fully saturated rings. The minimum Gasteiger partial charge on any atom is -0.305 e. The van der Waals surface area contributed by atoms with E-state index in [4.69, 9.17) is 5.39 Å². The van der Waals surface area contributed by atoms with Crippen molar-refractivity contribution in [2.75, 3.05) is 0 Å². The van der Waals surface area contributed by atoms with Gasteiger partial charge >= 0.3 is 71.7 Å². The quantitative estimate of drug-likeness (QED) is 0.0759. The Bertz CT molecular complexity index is 2160. The van der Waals surface area contributed by atoms with E-state index in [9.17, 15) is 50.4 Å². The van der Waals surface area contributed by atoms with Gasteiger partial charge in [-0.2, -0.15) is 0 Å². The van der Waals surface area contributed by atoms with Crippen molar-refractivity contribution in [2.24, 2.45) is 0 Å². The van der Waals surface area contributed by atoms with Crippen LogP contribution in [0.5, 0.6) is 0 Å². The van der Waals surface area contributed by atoms with Crippen LogP contribution in [0.2, 0.25) is 0 Å². The number of rotatable bonds is 4. The van der Waals surface area contributed by atoms with Gasteiger partial charge in [0.15, 0.2) is 4.98 Å². The van der Waals surface area contributed by atoms with E-state index in [-0.39, 0.29) is 20.1 Å². The first-order chi connectivity index (χ1) is 26.7. The van der Waals surface area contributed by atoms with E-state index >= 15 is 0 Å². The SMILES string of the molecule is F[P-](F)(F)(F)(F)F.F[P-](F)(F)(F)(F)F.N#[N+]c1ccc(-c2ccnc(-c3ccccn3)c2)cc1.[Ir].[c-]1ccccc1-c1ccccn1.c1ccc(-c2ccccn2)cc1. The van der Waals surface area contributed by atoms with Crippen molar-refractivity contribution < 1.29 is 70.5 Å². The fourth-order valence-corrected chi connectivity index (χ4v) is 4.20. The summed E-state index contributed by atoms with van der Waals surface area (Å²) in [5.41, 5.74) is 8.50. The van der Waals surface area contributed by atoms with Crippen molar-refractivity contribution in [1.82, 2.24) is 19.9 Å². The maximum absolute atomic E-state index is 10.7. The molecule has 3 aromatic carbocycles. The molecule has 0 bridgehead atoms. The molecule has 0 spiro atoms. The van der Waals surface area contributed by atoms with Gasteiger partial charge in [-0.1, -0.05) is 54.6 Å². The van der Waals surface area contributed by atoms with E-state index in [0.29, 0.717) is 5.69 Å². The van der Waals surface area contributed by atoms with Crippen LogP contribution in [0.1, 0.15) is 0 Å². The Balaban J connectivity index is 0.000000270. The fourth-order valence-electron chi connectivity index (χ4n) is 4.20. The molecule has 0 aliphatic carbocycles. The molecule has 0 saturated heterocycles. The van der Waals surface area contributed by atoms with Gasteiger partial charge in [-0.25, -0.2) is 0 Å². The van der Waals surface area contributed by atoms with Crippen LogP contribution in [0.4, 0.5) is 56.1 Å². The maximum Gasteiger partial charge on any atom is 0.385 e. The Morgan fingerprint density at radius 1 is 0.407 bits per heavy atom. The van der Waals surface area contributed by atoms with Gasteiger partial charge in [0.1, 0.15) is 0 Å². The molecule has 6 nitrogen and oxygen atoms in total. The summed E-state index contributed by atoms with van der Waals surface area (Å²) in [5.74, 6) is 0. The Kier molecular flexibility index (Phi) is 15.9. The van der Waals surface area contributed by atoms with Gasteiger partial charge in [0.05, 0.1) is 17.1 Å². The molecule has 0 amide bonds. The van der Waals surface area contributed by atoms with Crippen LogP contribution >= 0.6 is 15.6 Å². The van der Waals surface area contributed by atoms with Crippen molar-refractivity contribution in [1.29, 1.82) is 5.39 Å². The number of halogens is 12. The first-order valence-corrected chi connectivity index (χ1v) is 20.1. The van der Waals surface area contributed by atoms with Crippen LogP contribution in [0.15, 0.2) is 170 Å². The number of benzene rings is 3. The zero-order chi connectivity index (χ0) is 43.1.